The van der Waals surface area contributed by atoms with Crippen molar-refractivity contribution in [3.8, 4) is 0 Å². The van der Waals surface area contributed by atoms with Crippen molar-refractivity contribution in [2.24, 2.45) is 11.8 Å². The van der Waals surface area contributed by atoms with E-state index in [2.05, 4.69) is 12.2 Å². The molecule has 1 heterocycles. The summed E-state index contributed by atoms with van der Waals surface area (Å²) in [6.07, 6.45) is 7.03. The standard InChI is InChI=1S/C14H26N2O/c1-11-5-7-12(8-6-11)14(17)16(2)13-4-3-9-15-10-13/h11-13,15H,3-10H2,1-2H3. The lowest BCUT2D eigenvalue weighted by atomic mass is 9.82. The maximum absolute atomic E-state index is 12.4. The van der Waals surface area contributed by atoms with Crippen LogP contribution in [-0.4, -0.2) is 37.0 Å². The molecule has 0 spiro atoms. The second kappa shape index (κ2) is 5.85. The molecule has 3 heteroatoms. The van der Waals surface area contributed by atoms with Crippen LogP contribution < -0.4 is 5.32 Å². The molecule has 1 amide bonds. The van der Waals surface area contributed by atoms with Crippen LogP contribution in [0.5, 0.6) is 0 Å². The van der Waals surface area contributed by atoms with E-state index in [-0.39, 0.29) is 0 Å². The van der Waals surface area contributed by atoms with Crippen molar-refractivity contribution in [1.29, 1.82) is 0 Å². The molecule has 1 aliphatic carbocycles. The quantitative estimate of drug-likeness (QED) is 0.798. The maximum Gasteiger partial charge on any atom is 0.225 e. The largest absolute Gasteiger partial charge is 0.341 e. The summed E-state index contributed by atoms with van der Waals surface area (Å²) in [7, 11) is 2.00. The summed E-state index contributed by atoms with van der Waals surface area (Å²) in [4.78, 5) is 14.4. The van der Waals surface area contributed by atoms with Crippen molar-refractivity contribution < 1.29 is 4.79 Å². The minimum atomic E-state index is 0.304. The molecule has 0 aromatic carbocycles. The van der Waals surface area contributed by atoms with Crippen molar-refractivity contribution >= 4 is 5.91 Å². The van der Waals surface area contributed by atoms with Crippen LogP contribution in [0, 0.1) is 11.8 Å². The lowest BCUT2D eigenvalue weighted by Gasteiger charge is -2.35. The Bertz CT molecular complexity index is 253. The van der Waals surface area contributed by atoms with E-state index < -0.39 is 0 Å². The van der Waals surface area contributed by atoms with Gasteiger partial charge in [0.05, 0.1) is 0 Å². The van der Waals surface area contributed by atoms with Gasteiger partial charge in [0.15, 0.2) is 0 Å². The number of carbonyl (C=O) groups excluding carboxylic acids is 1. The molecule has 0 radical (unpaired) electrons. The topological polar surface area (TPSA) is 32.3 Å². The van der Waals surface area contributed by atoms with Gasteiger partial charge in [0.1, 0.15) is 0 Å². The van der Waals surface area contributed by atoms with Crippen LogP contribution in [0.4, 0.5) is 0 Å². The molecule has 98 valence electrons. The molecule has 0 bridgehead atoms. The number of hydrogen-bond acceptors (Lipinski definition) is 2. The fourth-order valence-electron chi connectivity index (χ4n) is 3.14. The number of likely N-dealkylation sites (N-methyl/N-ethyl adjacent to an activating group) is 1. The van der Waals surface area contributed by atoms with E-state index in [0.717, 1.165) is 31.8 Å². The molecule has 0 aromatic heterocycles. The zero-order valence-electron chi connectivity index (χ0n) is 11.2. The number of nitrogens with zero attached hydrogens (tertiary/aromatic N) is 1. The van der Waals surface area contributed by atoms with E-state index in [1.54, 1.807) is 0 Å². The number of carbonyl (C=O) groups is 1. The summed E-state index contributed by atoms with van der Waals surface area (Å²) in [5.74, 6) is 1.52. The third kappa shape index (κ3) is 3.21. The van der Waals surface area contributed by atoms with Gasteiger partial charge in [0.25, 0.3) is 0 Å². The Hall–Kier alpha value is -0.570. The fourth-order valence-corrected chi connectivity index (χ4v) is 3.14. The second-order valence-corrected chi connectivity index (χ2v) is 5.91. The van der Waals surface area contributed by atoms with Crippen LogP contribution in [-0.2, 0) is 4.79 Å². The molecule has 3 nitrogen and oxygen atoms in total. The predicted octanol–water partition coefficient (Wildman–Crippen LogP) is 2.02. The monoisotopic (exact) mass is 238 g/mol. The average Bonchev–Trinajstić information content (AvgIpc) is 2.39. The van der Waals surface area contributed by atoms with Crippen molar-refractivity contribution in [3.05, 3.63) is 0 Å². The molecule has 1 unspecified atom stereocenters. The van der Waals surface area contributed by atoms with Gasteiger partial charge in [-0.2, -0.15) is 0 Å². The highest BCUT2D eigenvalue weighted by Gasteiger charge is 2.30. The van der Waals surface area contributed by atoms with Crippen molar-refractivity contribution in [1.82, 2.24) is 10.2 Å². The molecule has 2 rings (SSSR count). The van der Waals surface area contributed by atoms with E-state index >= 15 is 0 Å². The predicted molar refractivity (Wildman–Crippen MR) is 69.8 cm³/mol. The zero-order chi connectivity index (χ0) is 12.3. The number of nitrogens with one attached hydrogen (secondary N) is 1. The van der Waals surface area contributed by atoms with Crippen LogP contribution in [0.25, 0.3) is 0 Å². The Labute approximate surface area is 105 Å². The second-order valence-electron chi connectivity index (χ2n) is 5.91. The first-order valence-electron chi connectivity index (χ1n) is 7.16. The minimum absolute atomic E-state index is 0.304. The lowest BCUT2D eigenvalue weighted by Crippen LogP contribution is -2.48. The highest BCUT2D eigenvalue weighted by atomic mass is 16.2. The Morgan fingerprint density at radius 1 is 1.18 bits per heavy atom. The molecule has 1 saturated heterocycles. The van der Waals surface area contributed by atoms with Gasteiger partial charge in [-0.3, -0.25) is 4.79 Å². The van der Waals surface area contributed by atoms with E-state index in [9.17, 15) is 4.79 Å². The van der Waals surface area contributed by atoms with Crippen molar-refractivity contribution in [2.45, 2.75) is 51.5 Å². The molecule has 2 fully saturated rings. The van der Waals surface area contributed by atoms with Gasteiger partial charge in [-0.05, 0) is 51.0 Å². The summed E-state index contributed by atoms with van der Waals surface area (Å²) in [5, 5.41) is 3.39. The summed E-state index contributed by atoms with van der Waals surface area (Å²) < 4.78 is 0. The maximum atomic E-state index is 12.4. The molecule has 0 aromatic rings. The number of rotatable bonds is 2. The van der Waals surface area contributed by atoms with Crippen LogP contribution in [0.3, 0.4) is 0 Å². The smallest absolute Gasteiger partial charge is 0.225 e. The first kappa shape index (κ1) is 12.9. The summed E-state index contributed by atoms with van der Waals surface area (Å²) >= 11 is 0. The van der Waals surface area contributed by atoms with Gasteiger partial charge in [-0.1, -0.05) is 6.92 Å². The van der Waals surface area contributed by atoms with Gasteiger partial charge in [-0.15, -0.1) is 0 Å². The van der Waals surface area contributed by atoms with Crippen molar-refractivity contribution in [3.63, 3.8) is 0 Å². The highest BCUT2D eigenvalue weighted by Crippen LogP contribution is 2.30. The molecular formula is C14H26N2O. The highest BCUT2D eigenvalue weighted by molar-refractivity contribution is 5.79. The SMILES string of the molecule is CC1CCC(C(=O)N(C)C2CCCNC2)CC1. The number of amides is 1. The van der Waals surface area contributed by atoms with Gasteiger partial charge in [0.2, 0.25) is 5.91 Å². The first-order valence-corrected chi connectivity index (χ1v) is 7.16. The molecule has 1 atom stereocenters. The van der Waals surface area contributed by atoms with Gasteiger partial charge in [0, 0.05) is 25.6 Å². The molecule has 2 aliphatic rings. The fraction of sp³-hybridized carbons (Fsp3) is 0.929. The first-order chi connectivity index (χ1) is 8.18. The van der Waals surface area contributed by atoms with Crippen LogP contribution in [0.2, 0.25) is 0 Å². The summed E-state index contributed by atoms with van der Waals surface area (Å²) in [6.45, 7) is 4.39. The molecule has 17 heavy (non-hydrogen) atoms. The van der Waals surface area contributed by atoms with E-state index in [1.807, 2.05) is 11.9 Å². The van der Waals surface area contributed by atoms with Crippen molar-refractivity contribution in [2.75, 3.05) is 20.1 Å². The Morgan fingerprint density at radius 2 is 1.88 bits per heavy atom. The summed E-state index contributed by atoms with van der Waals surface area (Å²) in [5.41, 5.74) is 0. The van der Waals surface area contributed by atoms with Gasteiger partial charge >= 0.3 is 0 Å². The third-order valence-electron chi connectivity index (χ3n) is 4.53. The number of piperidine rings is 1. The Kier molecular flexibility index (Phi) is 4.43. The van der Waals surface area contributed by atoms with Gasteiger partial charge in [-0.25, -0.2) is 0 Å². The Balaban J connectivity index is 1.85. The van der Waals surface area contributed by atoms with Crippen LogP contribution in [0.1, 0.15) is 45.4 Å². The zero-order valence-corrected chi connectivity index (χ0v) is 11.2. The number of hydrogen-bond donors (Lipinski definition) is 1. The minimum Gasteiger partial charge on any atom is -0.341 e. The van der Waals surface area contributed by atoms with Crippen LogP contribution >= 0.6 is 0 Å². The average molecular weight is 238 g/mol. The van der Waals surface area contributed by atoms with E-state index in [0.29, 0.717) is 17.9 Å². The Morgan fingerprint density at radius 3 is 2.47 bits per heavy atom. The molecule has 1 saturated carbocycles. The van der Waals surface area contributed by atoms with E-state index in [4.69, 9.17) is 0 Å². The summed E-state index contributed by atoms with van der Waals surface area (Å²) in [6, 6.07) is 0.426. The lowest BCUT2D eigenvalue weighted by molar-refractivity contribution is -0.137. The van der Waals surface area contributed by atoms with E-state index in [1.165, 1.54) is 25.7 Å². The molecule has 1 N–H and O–H groups in total. The molecule has 1 aliphatic heterocycles. The third-order valence-corrected chi connectivity index (χ3v) is 4.53. The van der Waals surface area contributed by atoms with Gasteiger partial charge < -0.3 is 10.2 Å². The molecular weight excluding hydrogens is 212 g/mol. The van der Waals surface area contributed by atoms with Crippen LogP contribution in [0.15, 0.2) is 0 Å². The normalized spacial score (nSPS) is 34.4.